The summed E-state index contributed by atoms with van der Waals surface area (Å²) in [6, 6.07) is 9.08. The predicted molar refractivity (Wildman–Crippen MR) is 90.1 cm³/mol. The van der Waals surface area contributed by atoms with E-state index in [0.29, 0.717) is 18.4 Å². The monoisotopic (exact) mass is 310 g/mol. The molecule has 0 aromatic heterocycles. The first kappa shape index (κ1) is 18.0. The smallest absolute Gasteiger partial charge is 0.222 e. The number of carbonyl (C=O) groups excluding carboxylic acids is 1. The van der Waals surface area contributed by atoms with Crippen molar-refractivity contribution < 1.29 is 4.79 Å². The van der Waals surface area contributed by atoms with Crippen molar-refractivity contribution >= 4 is 18.3 Å². The molecule has 4 heteroatoms. The number of nitrogens with zero attached hydrogens (tertiary/aromatic N) is 1. The minimum atomic E-state index is 0. The lowest BCUT2D eigenvalue weighted by molar-refractivity contribution is -0.132. The van der Waals surface area contributed by atoms with Crippen LogP contribution in [-0.4, -0.2) is 36.5 Å². The molecule has 1 aliphatic rings. The van der Waals surface area contributed by atoms with E-state index in [4.69, 9.17) is 0 Å². The Morgan fingerprint density at radius 1 is 1.33 bits per heavy atom. The van der Waals surface area contributed by atoms with Crippen LogP contribution < -0.4 is 5.32 Å². The van der Waals surface area contributed by atoms with Gasteiger partial charge in [0.25, 0.3) is 0 Å². The highest BCUT2D eigenvalue weighted by atomic mass is 35.5. The Morgan fingerprint density at radius 2 is 2.00 bits per heavy atom. The van der Waals surface area contributed by atoms with Crippen LogP contribution in [0.2, 0.25) is 0 Å². The van der Waals surface area contributed by atoms with Crippen LogP contribution in [0.1, 0.15) is 44.2 Å². The van der Waals surface area contributed by atoms with Crippen molar-refractivity contribution in [3.05, 3.63) is 35.4 Å². The van der Waals surface area contributed by atoms with E-state index in [-0.39, 0.29) is 18.3 Å². The van der Waals surface area contributed by atoms with E-state index in [0.717, 1.165) is 26.1 Å². The molecule has 118 valence electrons. The van der Waals surface area contributed by atoms with E-state index in [2.05, 4.69) is 50.4 Å². The quantitative estimate of drug-likeness (QED) is 0.927. The lowest BCUT2D eigenvalue weighted by Gasteiger charge is -2.32. The van der Waals surface area contributed by atoms with Crippen LogP contribution in [0.5, 0.6) is 0 Å². The molecule has 0 aliphatic carbocycles. The van der Waals surface area contributed by atoms with Crippen LogP contribution in [0.3, 0.4) is 0 Å². The summed E-state index contributed by atoms with van der Waals surface area (Å²) < 4.78 is 0. The molecule has 1 unspecified atom stereocenters. The van der Waals surface area contributed by atoms with Crippen molar-refractivity contribution in [1.82, 2.24) is 10.2 Å². The zero-order chi connectivity index (χ0) is 14.5. The number of carbonyl (C=O) groups is 1. The standard InChI is InChI=1S/C17H26N2O.ClH/c1-13(2)16-7-4-15(5-8-16)6-9-17(20)19-11-10-18-14(3)12-19;/h4-5,7-8,13-14,18H,6,9-12H2,1-3H3;1H. The van der Waals surface area contributed by atoms with Crippen molar-refractivity contribution in [3.63, 3.8) is 0 Å². The molecule has 0 bridgehead atoms. The third kappa shape index (κ3) is 5.33. The van der Waals surface area contributed by atoms with Crippen LogP contribution >= 0.6 is 12.4 Å². The molecule has 0 radical (unpaired) electrons. The van der Waals surface area contributed by atoms with Gasteiger partial charge >= 0.3 is 0 Å². The lowest BCUT2D eigenvalue weighted by Crippen LogP contribution is -2.51. The number of halogens is 1. The topological polar surface area (TPSA) is 32.3 Å². The fourth-order valence-corrected chi connectivity index (χ4v) is 2.64. The Kier molecular flexibility index (Phi) is 7.20. The second kappa shape index (κ2) is 8.40. The summed E-state index contributed by atoms with van der Waals surface area (Å²) in [5, 5.41) is 3.36. The van der Waals surface area contributed by atoms with Gasteiger partial charge in [-0.2, -0.15) is 0 Å². The third-order valence-corrected chi connectivity index (χ3v) is 4.00. The van der Waals surface area contributed by atoms with Crippen molar-refractivity contribution in [2.45, 2.75) is 45.6 Å². The summed E-state index contributed by atoms with van der Waals surface area (Å²) in [5.41, 5.74) is 2.61. The van der Waals surface area contributed by atoms with Crippen molar-refractivity contribution in [2.75, 3.05) is 19.6 Å². The normalized spacial score (nSPS) is 18.5. The molecule has 1 N–H and O–H groups in total. The Hall–Kier alpha value is -1.06. The zero-order valence-electron chi connectivity index (χ0n) is 13.3. The van der Waals surface area contributed by atoms with Gasteiger partial charge in [0.2, 0.25) is 5.91 Å². The average Bonchev–Trinajstić information content (AvgIpc) is 2.45. The summed E-state index contributed by atoms with van der Waals surface area (Å²) in [4.78, 5) is 14.2. The fourth-order valence-electron chi connectivity index (χ4n) is 2.64. The molecule has 1 aromatic rings. The maximum absolute atomic E-state index is 12.2. The molecule has 0 saturated carbocycles. The molecular weight excluding hydrogens is 284 g/mol. The summed E-state index contributed by atoms with van der Waals surface area (Å²) in [7, 11) is 0. The average molecular weight is 311 g/mol. The summed E-state index contributed by atoms with van der Waals surface area (Å²) >= 11 is 0. The van der Waals surface area contributed by atoms with Gasteiger partial charge in [0.1, 0.15) is 0 Å². The highest BCUT2D eigenvalue weighted by molar-refractivity contribution is 5.85. The van der Waals surface area contributed by atoms with E-state index in [9.17, 15) is 4.79 Å². The molecule has 1 heterocycles. The number of piperazine rings is 1. The third-order valence-electron chi connectivity index (χ3n) is 4.00. The number of aryl methyl sites for hydroxylation is 1. The van der Waals surface area contributed by atoms with E-state index in [1.54, 1.807) is 0 Å². The van der Waals surface area contributed by atoms with Gasteiger partial charge in [-0.25, -0.2) is 0 Å². The number of hydrogen-bond donors (Lipinski definition) is 1. The molecule has 0 spiro atoms. The van der Waals surface area contributed by atoms with Crippen LogP contribution in [0.25, 0.3) is 0 Å². The van der Waals surface area contributed by atoms with Crippen LogP contribution in [0, 0.1) is 0 Å². The van der Waals surface area contributed by atoms with Crippen molar-refractivity contribution in [1.29, 1.82) is 0 Å². The van der Waals surface area contributed by atoms with Gasteiger partial charge < -0.3 is 10.2 Å². The molecule has 1 atom stereocenters. The first-order valence-corrected chi connectivity index (χ1v) is 7.66. The van der Waals surface area contributed by atoms with Gasteiger partial charge in [-0.3, -0.25) is 4.79 Å². The van der Waals surface area contributed by atoms with Gasteiger partial charge in [-0.1, -0.05) is 38.1 Å². The molecule has 1 saturated heterocycles. The minimum Gasteiger partial charge on any atom is -0.340 e. The number of benzene rings is 1. The summed E-state index contributed by atoms with van der Waals surface area (Å²) in [6.07, 6.45) is 1.46. The van der Waals surface area contributed by atoms with Crippen LogP contribution in [0.4, 0.5) is 0 Å². The van der Waals surface area contributed by atoms with Gasteiger partial charge in [-0.15, -0.1) is 12.4 Å². The van der Waals surface area contributed by atoms with Gasteiger partial charge in [0, 0.05) is 32.1 Å². The summed E-state index contributed by atoms with van der Waals surface area (Å²) in [5.74, 6) is 0.847. The molecule has 1 amide bonds. The predicted octanol–water partition coefficient (Wildman–Crippen LogP) is 2.98. The fraction of sp³-hybridized carbons (Fsp3) is 0.588. The van der Waals surface area contributed by atoms with Crippen molar-refractivity contribution in [2.24, 2.45) is 0 Å². The van der Waals surface area contributed by atoms with Crippen LogP contribution in [0.15, 0.2) is 24.3 Å². The molecular formula is C17H27ClN2O. The number of hydrogen-bond acceptors (Lipinski definition) is 2. The molecule has 1 aliphatic heterocycles. The van der Waals surface area contributed by atoms with E-state index >= 15 is 0 Å². The maximum atomic E-state index is 12.2. The van der Waals surface area contributed by atoms with Crippen LogP contribution in [-0.2, 0) is 11.2 Å². The van der Waals surface area contributed by atoms with E-state index in [1.165, 1.54) is 11.1 Å². The Balaban J connectivity index is 0.00000220. The first-order valence-electron chi connectivity index (χ1n) is 7.66. The maximum Gasteiger partial charge on any atom is 0.222 e. The Morgan fingerprint density at radius 3 is 2.57 bits per heavy atom. The number of rotatable bonds is 4. The highest BCUT2D eigenvalue weighted by Crippen LogP contribution is 2.15. The number of nitrogens with one attached hydrogen (secondary N) is 1. The number of amides is 1. The second-order valence-electron chi connectivity index (χ2n) is 6.09. The molecule has 3 nitrogen and oxygen atoms in total. The Labute approximate surface area is 134 Å². The van der Waals surface area contributed by atoms with E-state index < -0.39 is 0 Å². The largest absolute Gasteiger partial charge is 0.340 e. The van der Waals surface area contributed by atoms with Gasteiger partial charge in [0.15, 0.2) is 0 Å². The second-order valence-corrected chi connectivity index (χ2v) is 6.09. The molecule has 1 fully saturated rings. The molecule has 2 rings (SSSR count). The SMILES string of the molecule is CC1CN(C(=O)CCc2ccc(C(C)C)cc2)CCN1.Cl. The van der Waals surface area contributed by atoms with E-state index in [1.807, 2.05) is 4.90 Å². The minimum absolute atomic E-state index is 0. The molecule has 21 heavy (non-hydrogen) atoms. The summed E-state index contributed by atoms with van der Waals surface area (Å²) in [6.45, 7) is 9.12. The zero-order valence-corrected chi connectivity index (χ0v) is 14.1. The highest BCUT2D eigenvalue weighted by Gasteiger charge is 2.19. The lowest BCUT2D eigenvalue weighted by atomic mass is 10.00. The molecule has 1 aromatic carbocycles. The Bertz CT molecular complexity index is 445. The first-order chi connectivity index (χ1) is 9.56. The van der Waals surface area contributed by atoms with Gasteiger partial charge in [-0.05, 0) is 30.4 Å². The van der Waals surface area contributed by atoms with Crippen molar-refractivity contribution in [3.8, 4) is 0 Å². The van der Waals surface area contributed by atoms with Gasteiger partial charge in [0.05, 0.1) is 0 Å².